The van der Waals surface area contributed by atoms with E-state index in [2.05, 4.69) is 15.5 Å². The molecule has 0 bridgehead atoms. The van der Waals surface area contributed by atoms with Crippen molar-refractivity contribution in [1.29, 1.82) is 0 Å². The molecule has 0 fully saturated rings. The average molecular weight is 361 g/mol. The van der Waals surface area contributed by atoms with E-state index in [0.717, 1.165) is 33.2 Å². The normalized spacial score (nSPS) is 11.1. The number of carbonyl (C=O) groups is 1. The maximum absolute atomic E-state index is 12.3. The van der Waals surface area contributed by atoms with Crippen molar-refractivity contribution >= 4 is 16.9 Å². The van der Waals surface area contributed by atoms with Crippen LogP contribution >= 0.6 is 0 Å². The van der Waals surface area contributed by atoms with E-state index in [-0.39, 0.29) is 11.7 Å². The van der Waals surface area contributed by atoms with Gasteiger partial charge in [0.25, 0.3) is 0 Å². The number of rotatable bonds is 4. The van der Waals surface area contributed by atoms with E-state index in [1.54, 1.807) is 0 Å². The number of benzene rings is 2. The summed E-state index contributed by atoms with van der Waals surface area (Å²) in [6.07, 6.45) is 0. The zero-order valence-electron chi connectivity index (χ0n) is 15.4. The van der Waals surface area contributed by atoms with Crippen LogP contribution in [0.1, 0.15) is 32.9 Å². The molecule has 0 spiro atoms. The second-order valence-electron chi connectivity index (χ2n) is 6.60. The third kappa shape index (κ3) is 3.21. The molecule has 0 aliphatic carbocycles. The van der Waals surface area contributed by atoms with Crippen molar-refractivity contribution in [1.82, 2.24) is 15.5 Å². The van der Waals surface area contributed by atoms with Crippen LogP contribution in [0.5, 0.6) is 0 Å². The van der Waals surface area contributed by atoms with Crippen LogP contribution < -0.4 is 5.32 Å². The quantitative estimate of drug-likeness (QED) is 0.585. The fourth-order valence-electron chi connectivity index (χ4n) is 3.09. The number of para-hydroxylation sites is 1. The molecule has 2 aromatic heterocycles. The molecule has 4 rings (SSSR count). The van der Waals surface area contributed by atoms with Gasteiger partial charge >= 0.3 is 11.8 Å². The van der Waals surface area contributed by atoms with Crippen LogP contribution in [0.15, 0.2) is 51.4 Å². The molecule has 6 heteroatoms. The largest absolute Gasteiger partial charge is 0.452 e. The average Bonchev–Trinajstić information content (AvgIpc) is 3.26. The molecule has 0 aliphatic rings. The lowest BCUT2D eigenvalue weighted by Gasteiger charge is -2.03. The Hall–Kier alpha value is -3.41. The highest BCUT2D eigenvalue weighted by molar-refractivity contribution is 5.91. The maximum Gasteiger partial charge on any atom is 0.316 e. The van der Waals surface area contributed by atoms with Gasteiger partial charge in [-0.2, -0.15) is 4.98 Å². The second-order valence-corrected chi connectivity index (χ2v) is 6.60. The van der Waals surface area contributed by atoms with E-state index in [1.807, 2.05) is 63.2 Å². The molecule has 0 radical (unpaired) electrons. The van der Waals surface area contributed by atoms with Crippen LogP contribution in [-0.2, 0) is 6.54 Å². The first-order chi connectivity index (χ1) is 13.0. The first-order valence-electron chi connectivity index (χ1n) is 8.69. The summed E-state index contributed by atoms with van der Waals surface area (Å²) in [6, 6.07) is 13.9. The Kier molecular flexibility index (Phi) is 4.24. The molecule has 136 valence electrons. The topological polar surface area (TPSA) is 81.2 Å². The lowest BCUT2D eigenvalue weighted by Crippen LogP contribution is -2.23. The van der Waals surface area contributed by atoms with E-state index in [0.29, 0.717) is 12.3 Å². The standard InChI is InChI=1S/C21H19N3O3/c1-12-6-4-8-15(10-12)11-22-20(25)21-23-19(24-27-21)18-14(3)16-9-5-7-13(2)17(16)26-18/h4-10H,11H2,1-3H3,(H,22,25). The summed E-state index contributed by atoms with van der Waals surface area (Å²) in [5.41, 5.74) is 4.88. The molecule has 0 atom stereocenters. The molecule has 2 heterocycles. The second kappa shape index (κ2) is 6.72. The van der Waals surface area contributed by atoms with Gasteiger partial charge in [0.05, 0.1) is 0 Å². The molecular weight excluding hydrogens is 342 g/mol. The number of nitrogens with zero attached hydrogens (tertiary/aromatic N) is 2. The monoisotopic (exact) mass is 361 g/mol. The number of hydrogen-bond acceptors (Lipinski definition) is 5. The highest BCUT2D eigenvalue weighted by Crippen LogP contribution is 2.32. The predicted octanol–water partition coefficient (Wildman–Crippen LogP) is 4.34. The number of fused-ring (bicyclic) bond motifs is 1. The van der Waals surface area contributed by atoms with Crippen LogP contribution in [0.4, 0.5) is 0 Å². The third-order valence-electron chi connectivity index (χ3n) is 4.52. The van der Waals surface area contributed by atoms with Gasteiger partial charge in [0.2, 0.25) is 5.82 Å². The van der Waals surface area contributed by atoms with E-state index < -0.39 is 5.91 Å². The van der Waals surface area contributed by atoms with E-state index in [4.69, 9.17) is 8.94 Å². The van der Waals surface area contributed by atoms with Gasteiger partial charge in [0, 0.05) is 17.5 Å². The molecule has 6 nitrogen and oxygen atoms in total. The number of nitrogens with one attached hydrogen (secondary N) is 1. The van der Waals surface area contributed by atoms with Crippen LogP contribution in [0.25, 0.3) is 22.6 Å². The van der Waals surface area contributed by atoms with Crippen molar-refractivity contribution in [2.45, 2.75) is 27.3 Å². The van der Waals surface area contributed by atoms with Crippen molar-refractivity contribution < 1.29 is 13.7 Å². The summed E-state index contributed by atoms with van der Waals surface area (Å²) in [4.78, 5) is 16.5. The van der Waals surface area contributed by atoms with E-state index >= 15 is 0 Å². The van der Waals surface area contributed by atoms with E-state index in [1.165, 1.54) is 0 Å². The minimum Gasteiger partial charge on any atom is -0.452 e. The van der Waals surface area contributed by atoms with Crippen molar-refractivity contribution in [3.63, 3.8) is 0 Å². The van der Waals surface area contributed by atoms with Gasteiger partial charge in [-0.05, 0) is 31.9 Å². The first kappa shape index (κ1) is 17.0. The molecule has 1 N–H and O–H groups in total. The number of hydrogen-bond donors (Lipinski definition) is 1. The zero-order valence-corrected chi connectivity index (χ0v) is 15.4. The smallest absolute Gasteiger partial charge is 0.316 e. The Labute approximate surface area is 156 Å². The van der Waals surface area contributed by atoms with Crippen LogP contribution in [0.3, 0.4) is 0 Å². The Morgan fingerprint density at radius 2 is 1.93 bits per heavy atom. The molecule has 1 amide bonds. The Morgan fingerprint density at radius 1 is 1.11 bits per heavy atom. The Bertz CT molecular complexity index is 1140. The summed E-state index contributed by atoms with van der Waals surface area (Å²) >= 11 is 0. The Balaban J connectivity index is 1.56. The number of aryl methyl sites for hydroxylation is 3. The summed E-state index contributed by atoms with van der Waals surface area (Å²) in [6.45, 7) is 6.32. The minimum atomic E-state index is -0.416. The van der Waals surface area contributed by atoms with Crippen LogP contribution in [0, 0.1) is 20.8 Å². The maximum atomic E-state index is 12.3. The molecule has 0 saturated carbocycles. The lowest BCUT2D eigenvalue weighted by atomic mass is 10.1. The van der Waals surface area contributed by atoms with Crippen molar-refractivity contribution in [3.8, 4) is 11.6 Å². The molecule has 4 aromatic rings. The van der Waals surface area contributed by atoms with Gasteiger partial charge < -0.3 is 14.3 Å². The number of amides is 1. The highest BCUT2D eigenvalue weighted by atomic mass is 16.5. The molecule has 0 aliphatic heterocycles. The third-order valence-corrected chi connectivity index (χ3v) is 4.52. The van der Waals surface area contributed by atoms with Gasteiger partial charge in [-0.1, -0.05) is 53.2 Å². The van der Waals surface area contributed by atoms with Crippen molar-refractivity contribution in [3.05, 3.63) is 70.6 Å². The van der Waals surface area contributed by atoms with E-state index in [9.17, 15) is 4.79 Å². The highest BCUT2D eigenvalue weighted by Gasteiger charge is 2.21. The summed E-state index contributed by atoms with van der Waals surface area (Å²) < 4.78 is 11.1. The SMILES string of the molecule is Cc1cccc(CNC(=O)c2nc(-c3oc4c(C)cccc4c3C)no2)c1. The molecular formula is C21H19N3O3. The molecule has 0 saturated heterocycles. The predicted molar refractivity (Wildman–Crippen MR) is 101 cm³/mol. The molecule has 2 aromatic carbocycles. The fraction of sp³-hybridized carbons (Fsp3) is 0.190. The van der Waals surface area contributed by atoms with Crippen molar-refractivity contribution in [2.75, 3.05) is 0 Å². The lowest BCUT2D eigenvalue weighted by molar-refractivity contribution is 0.0907. The van der Waals surface area contributed by atoms with Crippen molar-refractivity contribution in [2.24, 2.45) is 0 Å². The summed E-state index contributed by atoms with van der Waals surface area (Å²) in [5, 5.41) is 7.71. The van der Waals surface area contributed by atoms with Crippen LogP contribution in [-0.4, -0.2) is 16.0 Å². The van der Waals surface area contributed by atoms with Gasteiger partial charge in [0.15, 0.2) is 5.76 Å². The Morgan fingerprint density at radius 3 is 2.70 bits per heavy atom. The van der Waals surface area contributed by atoms with Gasteiger partial charge in [0.1, 0.15) is 5.58 Å². The summed E-state index contributed by atoms with van der Waals surface area (Å²) in [5.74, 6) is 0.277. The van der Waals surface area contributed by atoms with Gasteiger partial charge in [-0.25, -0.2) is 0 Å². The number of furan rings is 1. The number of aromatic nitrogens is 2. The number of carbonyl (C=O) groups excluding carboxylic acids is 1. The minimum absolute atomic E-state index is 0.0887. The van der Waals surface area contributed by atoms with Gasteiger partial charge in [-0.15, -0.1) is 0 Å². The summed E-state index contributed by atoms with van der Waals surface area (Å²) in [7, 11) is 0. The molecule has 0 unspecified atom stereocenters. The first-order valence-corrected chi connectivity index (χ1v) is 8.69. The van der Waals surface area contributed by atoms with Crippen LogP contribution in [0.2, 0.25) is 0 Å². The fourth-order valence-corrected chi connectivity index (χ4v) is 3.09. The van der Waals surface area contributed by atoms with Gasteiger partial charge in [-0.3, -0.25) is 4.79 Å². The molecule has 27 heavy (non-hydrogen) atoms. The zero-order chi connectivity index (χ0) is 19.0.